The van der Waals surface area contributed by atoms with Crippen LogP contribution >= 0.6 is 0 Å². The van der Waals surface area contributed by atoms with E-state index in [1.54, 1.807) is 13.1 Å². The summed E-state index contributed by atoms with van der Waals surface area (Å²) < 4.78 is 33.9. The average Bonchev–Trinajstić information content (AvgIpc) is 3.02. The average molecular weight is 429 g/mol. The zero-order chi connectivity index (χ0) is 21.3. The topological polar surface area (TPSA) is 102 Å². The molecule has 1 aromatic heterocycles. The Labute approximate surface area is 174 Å². The minimum atomic E-state index is -3.70. The first-order valence-electron chi connectivity index (χ1n) is 9.79. The highest BCUT2D eigenvalue weighted by atomic mass is 32.2. The van der Waals surface area contributed by atoms with Crippen LogP contribution in [0.5, 0.6) is 0 Å². The first-order chi connectivity index (χ1) is 14.3. The third-order valence-corrected chi connectivity index (χ3v) is 7.40. The van der Waals surface area contributed by atoms with Gasteiger partial charge in [0.1, 0.15) is 0 Å². The van der Waals surface area contributed by atoms with E-state index >= 15 is 0 Å². The van der Waals surface area contributed by atoms with Crippen molar-refractivity contribution in [3.8, 4) is 0 Å². The van der Waals surface area contributed by atoms with Crippen LogP contribution in [0.15, 0.2) is 62.6 Å². The minimum absolute atomic E-state index is 0.0629. The van der Waals surface area contributed by atoms with E-state index in [0.717, 1.165) is 5.69 Å². The Morgan fingerprint density at radius 3 is 2.53 bits per heavy atom. The number of sulfonamides is 1. The molecular weight excluding hydrogens is 406 g/mol. The highest BCUT2D eigenvalue weighted by Gasteiger charge is 2.30. The Hall–Kier alpha value is -2.91. The number of nitrogens with zero attached hydrogens (tertiary/aromatic N) is 2. The van der Waals surface area contributed by atoms with Gasteiger partial charge in [-0.25, -0.2) is 13.2 Å². The molecule has 4 rings (SSSR count). The number of hydrogen-bond donors (Lipinski definition) is 1. The van der Waals surface area contributed by atoms with Gasteiger partial charge in [0, 0.05) is 38.3 Å². The van der Waals surface area contributed by atoms with Gasteiger partial charge in [0.2, 0.25) is 15.9 Å². The van der Waals surface area contributed by atoms with Crippen molar-refractivity contribution in [3.05, 3.63) is 59.1 Å². The Bertz CT molecular complexity index is 1220. The largest absolute Gasteiger partial charge is 0.419 e. The van der Waals surface area contributed by atoms with E-state index < -0.39 is 15.8 Å². The van der Waals surface area contributed by atoms with Gasteiger partial charge in [-0.05, 0) is 43.0 Å². The molecular formula is C21H23N3O5S. The molecule has 1 amide bonds. The second kappa shape index (κ2) is 8.08. The summed E-state index contributed by atoms with van der Waals surface area (Å²) in [5, 5.41) is 2.87. The molecule has 1 fully saturated rings. The first kappa shape index (κ1) is 20.4. The number of benzene rings is 2. The predicted molar refractivity (Wildman–Crippen MR) is 113 cm³/mol. The van der Waals surface area contributed by atoms with E-state index in [9.17, 15) is 18.0 Å². The first-order valence-corrected chi connectivity index (χ1v) is 11.2. The summed E-state index contributed by atoms with van der Waals surface area (Å²) in [6.07, 6.45) is 1.60. The lowest BCUT2D eigenvalue weighted by atomic mass is 9.94. The summed E-state index contributed by atoms with van der Waals surface area (Å²) in [5.74, 6) is -0.462. The molecule has 1 aliphatic heterocycles. The summed E-state index contributed by atoms with van der Waals surface area (Å²) >= 11 is 0. The lowest BCUT2D eigenvalue weighted by Crippen LogP contribution is -2.39. The van der Waals surface area contributed by atoms with Crippen LogP contribution < -0.4 is 11.1 Å². The number of rotatable bonds is 5. The number of aromatic nitrogens is 1. The molecule has 1 N–H and O–H groups in total. The maximum atomic E-state index is 13.0. The summed E-state index contributed by atoms with van der Waals surface area (Å²) in [5.41, 5.74) is 1.54. The summed E-state index contributed by atoms with van der Waals surface area (Å²) in [7, 11) is -2.13. The Morgan fingerprint density at radius 2 is 1.83 bits per heavy atom. The quantitative estimate of drug-likeness (QED) is 0.672. The van der Waals surface area contributed by atoms with Crippen molar-refractivity contribution < 1.29 is 17.6 Å². The number of anilines is 1. The van der Waals surface area contributed by atoms with E-state index in [1.165, 1.54) is 21.0 Å². The zero-order valence-electron chi connectivity index (χ0n) is 16.6. The van der Waals surface area contributed by atoms with Crippen LogP contribution in [0, 0.1) is 5.92 Å². The molecule has 30 heavy (non-hydrogen) atoms. The van der Waals surface area contributed by atoms with Gasteiger partial charge in [-0.2, -0.15) is 4.31 Å². The fraction of sp³-hybridized carbons (Fsp3) is 0.333. The lowest BCUT2D eigenvalue weighted by Gasteiger charge is -2.31. The van der Waals surface area contributed by atoms with Gasteiger partial charge in [-0.1, -0.05) is 18.2 Å². The van der Waals surface area contributed by atoms with Crippen molar-refractivity contribution in [2.24, 2.45) is 13.0 Å². The van der Waals surface area contributed by atoms with Crippen LogP contribution in [-0.4, -0.2) is 36.3 Å². The molecule has 0 spiro atoms. The Kier molecular flexibility index (Phi) is 5.48. The van der Waals surface area contributed by atoms with Crippen LogP contribution in [0.2, 0.25) is 0 Å². The standard InChI is InChI=1S/C21H23N3O5S/c1-23-18-8-7-17(14-19(18)29-21(23)26)30(27,28)24-11-9-15(10-12-24)13-20(25)22-16-5-3-2-4-6-16/h2-8,14-15H,9-13H2,1H3,(H,22,25). The summed E-state index contributed by atoms with van der Waals surface area (Å²) in [6.45, 7) is 0.699. The molecule has 2 aromatic carbocycles. The number of nitrogens with one attached hydrogen (secondary N) is 1. The maximum absolute atomic E-state index is 13.0. The fourth-order valence-electron chi connectivity index (χ4n) is 3.77. The molecule has 0 radical (unpaired) electrons. The van der Waals surface area contributed by atoms with Gasteiger partial charge in [0.05, 0.1) is 10.4 Å². The predicted octanol–water partition coefficient (Wildman–Crippen LogP) is 2.56. The molecule has 0 saturated carbocycles. The molecule has 0 atom stereocenters. The molecule has 2 heterocycles. The highest BCUT2D eigenvalue weighted by molar-refractivity contribution is 7.89. The number of aryl methyl sites for hydroxylation is 1. The normalized spacial score (nSPS) is 16.0. The molecule has 158 valence electrons. The van der Waals surface area contributed by atoms with E-state index in [1.807, 2.05) is 30.3 Å². The second-order valence-electron chi connectivity index (χ2n) is 7.52. The van der Waals surface area contributed by atoms with Gasteiger partial charge in [-0.15, -0.1) is 0 Å². The SMILES string of the molecule is Cn1c(=O)oc2cc(S(=O)(=O)N3CCC(CC(=O)Nc4ccccc4)CC3)ccc21. The Morgan fingerprint density at radius 1 is 1.13 bits per heavy atom. The minimum Gasteiger partial charge on any atom is -0.408 e. The number of fused-ring (bicyclic) bond motifs is 1. The molecule has 0 bridgehead atoms. The van der Waals surface area contributed by atoms with E-state index in [2.05, 4.69) is 5.32 Å². The summed E-state index contributed by atoms with van der Waals surface area (Å²) in [6, 6.07) is 13.7. The van der Waals surface area contributed by atoms with Crippen molar-refractivity contribution in [2.45, 2.75) is 24.2 Å². The third-order valence-electron chi connectivity index (χ3n) is 5.51. The van der Waals surface area contributed by atoms with Gasteiger partial charge in [0.25, 0.3) is 0 Å². The maximum Gasteiger partial charge on any atom is 0.419 e. The van der Waals surface area contributed by atoms with Crippen LogP contribution in [0.4, 0.5) is 5.69 Å². The Balaban J connectivity index is 1.39. The van der Waals surface area contributed by atoms with Crippen LogP contribution in [-0.2, 0) is 21.9 Å². The molecule has 1 aliphatic rings. The van der Waals surface area contributed by atoms with Crippen molar-refractivity contribution in [2.75, 3.05) is 18.4 Å². The van der Waals surface area contributed by atoms with Gasteiger partial charge in [0.15, 0.2) is 5.58 Å². The molecule has 0 unspecified atom stereocenters. The van der Waals surface area contributed by atoms with Crippen molar-refractivity contribution in [1.29, 1.82) is 0 Å². The van der Waals surface area contributed by atoms with Crippen LogP contribution in [0.25, 0.3) is 11.1 Å². The van der Waals surface area contributed by atoms with Gasteiger partial charge >= 0.3 is 5.76 Å². The summed E-state index contributed by atoms with van der Waals surface area (Å²) in [4.78, 5) is 24.0. The zero-order valence-corrected chi connectivity index (χ0v) is 17.4. The van der Waals surface area contributed by atoms with Gasteiger partial charge < -0.3 is 9.73 Å². The van der Waals surface area contributed by atoms with E-state index in [-0.39, 0.29) is 22.3 Å². The molecule has 8 nitrogen and oxygen atoms in total. The highest BCUT2D eigenvalue weighted by Crippen LogP contribution is 2.27. The number of piperidine rings is 1. The third kappa shape index (κ3) is 4.03. The van der Waals surface area contributed by atoms with Crippen molar-refractivity contribution in [3.63, 3.8) is 0 Å². The molecule has 0 aliphatic carbocycles. The number of oxazole rings is 1. The van der Waals surface area contributed by atoms with E-state index in [4.69, 9.17) is 4.42 Å². The lowest BCUT2D eigenvalue weighted by molar-refractivity contribution is -0.117. The number of amides is 1. The van der Waals surface area contributed by atoms with Crippen molar-refractivity contribution >= 4 is 32.7 Å². The smallest absolute Gasteiger partial charge is 0.408 e. The van der Waals surface area contributed by atoms with Crippen molar-refractivity contribution in [1.82, 2.24) is 8.87 Å². The number of hydrogen-bond acceptors (Lipinski definition) is 5. The molecule has 3 aromatic rings. The fourth-order valence-corrected chi connectivity index (χ4v) is 5.26. The number of carbonyl (C=O) groups excluding carboxylic acids is 1. The van der Waals surface area contributed by atoms with Crippen LogP contribution in [0.1, 0.15) is 19.3 Å². The van der Waals surface area contributed by atoms with Crippen LogP contribution in [0.3, 0.4) is 0 Å². The van der Waals surface area contributed by atoms with Gasteiger partial charge in [-0.3, -0.25) is 9.36 Å². The molecule has 1 saturated heterocycles. The monoisotopic (exact) mass is 429 g/mol. The number of carbonyl (C=O) groups is 1. The number of para-hydroxylation sites is 1. The second-order valence-corrected chi connectivity index (χ2v) is 9.46. The molecule has 9 heteroatoms. The van der Waals surface area contributed by atoms with E-state index in [0.29, 0.717) is 37.9 Å².